The average Bonchev–Trinajstić information content (AvgIpc) is 2.82. The largest absolute Gasteiger partial charge is 0.503 e. The van der Waals surface area contributed by atoms with Gasteiger partial charge in [-0.1, -0.05) is 0 Å². The number of hydrogen-bond donors (Lipinski definition) is 4. The van der Waals surface area contributed by atoms with Crippen LogP contribution >= 0.6 is 15.9 Å². The Hall–Kier alpha value is -2.55. The number of rotatable bonds is 5. The van der Waals surface area contributed by atoms with Crippen LogP contribution in [0, 0.1) is 6.92 Å². The molecule has 0 spiro atoms. The van der Waals surface area contributed by atoms with Crippen molar-refractivity contribution in [3.8, 4) is 11.5 Å². The van der Waals surface area contributed by atoms with E-state index in [1.54, 1.807) is 19.1 Å². The van der Waals surface area contributed by atoms with Crippen LogP contribution in [0.25, 0.3) is 0 Å². The molecule has 0 bridgehead atoms. The van der Waals surface area contributed by atoms with Crippen molar-refractivity contribution in [1.82, 2.24) is 15.6 Å². The predicted molar refractivity (Wildman–Crippen MR) is 87.9 cm³/mol. The molecule has 1 aromatic carbocycles. The minimum atomic E-state index is -0.417. The number of benzene rings is 1. The highest BCUT2D eigenvalue weighted by atomic mass is 79.9. The molecule has 9 heteroatoms. The third kappa shape index (κ3) is 4.01. The highest BCUT2D eigenvalue weighted by molar-refractivity contribution is 9.10. The lowest BCUT2D eigenvalue weighted by molar-refractivity contribution is -0.120. The Kier molecular flexibility index (Phi) is 5.22. The number of halogens is 1. The zero-order valence-corrected chi connectivity index (χ0v) is 14.0. The van der Waals surface area contributed by atoms with Gasteiger partial charge in [-0.25, -0.2) is 5.43 Å². The highest BCUT2D eigenvalue weighted by Gasteiger charge is 2.11. The maximum Gasteiger partial charge on any atom is 0.267 e. The number of amides is 1. The van der Waals surface area contributed by atoms with E-state index in [1.807, 2.05) is 0 Å². The van der Waals surface area contributed by atoms with Gasteiger partial charge in [0.2, 0.25) is 5.91 Å². The lowest BCUT2D eigenvalue weighted by Gasteiger charge is -2.06. The van der Waals surface area contributed by atoms with Gasteiger partial charge in [-0.05, 0) is 40.5 Å². The quantitative estimate of drug-likeness (QED) is 0.458. The Balaban J connectivity index is 2.03. The maximum atomic E-state index is 11.8. The number of hydrogen-bond acceptors (Lipinski definition) is 5. The van der Waals surface area contributed by atoms with E-state index in [1.165, 1.54) is 13.3 Å². The predicted octanol–water partition coefficient (Wildman–Crippen LogP) is 1.18. The zero-order valence-electron chi connectivity index (χ0n) is 12.4. The molecule has 0 aliphatic rings. The lowest BCUT2D eigenvalue weighted by Crippen LogP contribution is -2.23. The molecule has 0 atom stereocenters. The van der Waals surface area contributed by atoms with Crippen LogP contribution in [-0.4, -0.2) is 34.5 Å². The number of aryl methyl sites for hydroxylation is 1. The molecule has 0 radical (unpaired) electrons. The Morgan fingerprint density at radius 1 is 1.48 bits per heavy atom. The first-order valence-corrected chi connectivity index (χ1v) is 7.36. The number of aromatic amines is 2. The first-order chi connectivity index (χ1) is 10.9. The summed E-state index contributed by atoms with van der Waals surface area (Å²) in [7, 11) is 1.43. The molecule has 0 saturated heterocycles. The summed E-state index contributed by atoms with van der Waals surface area (Å²) >= 11 is 3.19. The smallest absolute Gasteiger partial charge is 0.267 e. The monoisotopic (exact) mass is 382 g/mol. The van der Waals surface area contributed by atoms with Crippen molar-refractivity contribution in [1.29, 1.82) is 0 Å². The summed E-state index contributed by atoms with van der Waals surface area (Å²) < 4.78 is 5.46. The van der Waals surface area contributed by atoms with Crippen molar-refractivity contribution < 1.29 is 14.6 Å². The number of H-pyrrole nitrogens is 2. The molecule has 4 N–H and O–H groups in total. The molecule has 8 nitrogen and oxygen atoms in total. The van der Waals surface area contributed by atoms with Gasteiger partial charge < -0.3 is 14.9 Å². The second-order valence-electron chi connectivity index (χ2n) is 4.71. The number of methoxy groups -OCH3 is 1. The molecular weight excluding hydrogens is 368 g/mol. The third-order valence-corrected chi connectivity index (χ3v) is 3.71. The van der Waals surface area contributed by atoms with E-state index in [0.29, 0.717) is 21.3 Å². The number of nitrogens with one attached hydrogen (secondary N) is 3. The number of nitrogens with zero attached hydrogens (tertiary/aromatic N) is 1. The Labute approximate surface area is 139 Å². The van der Waals surface area contributed by atoms with Gasteiger partial charge in [0.05, 0.1) is 24.2 Å². The lowest BCUT2D eigenvalue weighted by atomic mass is 10.2. The Morgan fingerprint density at radius 3 is 2.83 bits per heavy atom. The number of carbonyl (C=O) groups excluding carboxylic acids is 1. The number of carbonyl (C=O) groups is 1. The SMILES string of the molecule is COc1cc(/C=N/NC(=O)Cc2c(C)[nH][nH]c2=O)cc(Br)c1O. The van der Waals surface area contributed by atoms with E-state index in [0.717, 1.165) is 0 Å². The Bertz CT molecular complexity index is 810. The molecule has 23 heavy (non-hydrogen) atoms. The summed E-state index contributed by atoms with van der Waals surface area (Å²) in [6, 6.07) is 3.19. The number of phenolic OH excluding ortho intramolecular Hbond substituents is 1. The zero-order chi connectivity index (χ0) is 17.0. The van der Waals surface area contributed by atoms with Crippen LogP contribution in [0.5, 0.6) is 11.5 Å². The average molecular weight is 383 g/mol. The summed E-state index contributed by atoms with van der Waals surface area (Å²) in [6.07, 6.45) is 1.32. The van der Waals surface area contributed by atoms with Gasteiger partial charge in [0.25, 0.3) is 5.56 Å². The van der Waals surface area contributed by atoms with E-state index in [2.05, 4.69) is 36.7 Å². The second kappa shape index (κ2) is 7.14. The van der Waals surface area contributed by atoms with Gasteiger partial charge in [-0.2, -0.15) is 5.10 Å². The number of hydrazone groups is 1. The Morgan fingerprint density at radius 2 is 2.22 bits per heavy atom. The number of aromatic hydroxyl groups is 1. The summed E-state index contributed by atoms with van der Waals surface area (Å²) in [6.45, 7) is 1.70. The first-order valence-electron chi connectivity index (χ1n) is 6.57. The van der Waals surface area contributed by atoms with Gasteiger partial charge >= 0.3 is 0 Å². The summed E-state index contributed by atoms with van der Waals surface area (Å²) in [5, 5.41) is 18.6. The summed E-state index contributed by atoms with van der Waals surface area (Å²) in [5.41, 5.74) is 3.61. The van der Waals surface area contributed by atoms with E-state index < -0.39 is 5.91 Å². The number of aromatic nitrogens is 2. The van der Waals surface area contributed by atoms with Crippen LogP contribution < -0.4 is 15.7 Å². The molecule has 122 valence electrons. The number of ether oxygens (including phenoxy) is 1. The fourth-order valence-corrected chi connectivity index (χ4v) is 2.35. The molecule has 1 aromatic heterocycles. The fourth-order valence-electron chi connectivity index (χ4n) is 1.89. The molecule has 1 heterocycles. The molecule has 2 aromatic rings. The maximum absolute atomic E-state index is 11.8. The molecule has 0 aliphatic heterocycles. The van der Waals surface area contributed by atoms with Gasteiger partial charge in [-0.3, -0.25) is 14.7 Å². The molecule has 0 saturated carbocycles. The van der Waals surface area contributed by atoms with Crippen molar-refractivity contribution in [3.63, 3.8) is 0 Å². The van der Waals surface area contributed by atoms with Crippen LogP contribution in [0.2, 0.25) is 0 Å². The second-order valence-corrected chi connectivity index (χ2v) is 5.56. The fraction of sp³-hybridized carbons (Fsp3) is 0.214. The molecular formula is C14H15BrN4O4. The summed E-state index contributed by atoms with van der Waals surface area (Å²) in [5.74, 6) is -0.156. The highest BCUT2D eigenvalue weighted by Crippen LogP contribution is 2.34. The van der Waals surface area contributed by atoms with Gasteiger partial charge in [0.15, 0.2) is 11.5 Å². The standard InChI is InChI=1S/C14H15BrN4O4/c1-7-9(14(22)19-17-7)5-12(20)18-16-6-8-3-10(15)13(21)11(4-8)23-2/h3-4,6,21H,5H2,1-2H3,(H,18,20)(H2,17,19,22)/b16-6+. The van der Waals surface area contributed by atoms with Gasteiger partial charge in [-0.15, -0.1) is 0 Å². The first kappa shape index (κ1) is 16.8. The van der Waals surface area contributed by atoms with Crippen LogP contribution in [0.15, 0.2) is 26.5 Å². The minimum absolute atomic E-state index is 0.0177. The van der Waals surface area contributed by atoms with E-state index in [9.17, 15) is 14.7 Å². The van der Waals surface area contributed by atoms with Crippen LogP contribution in [-0.2, 0) is 11.2 Å². The van der Waals surface area contributed by atoms with E-state index in [-0.39, 0.29) is 23.5 Å². The van der Waals surface area contributed by atoms with Crippen molar-refractivity contribution >= 4 is 28.1 Å². The third-order valence-electron chi connectivity index (χ3n) is 3.10. The van der Waals surface area contributed by atoms with Crippen LogP contribution in [0.4, 0.5) is 0 Å². The molecule has 0 unspecified atom stereocenters. The van der Waals surface area contributed by atoms with Crippen molar-refractivity contribution in [2.75, 3.05) is 7.11 Å². The molecule has 2 rings (SSSR count). The van der Waals surface area contributed by atoms with E-state index in [4.69, 9.17) is 4.74 Å². The number of phenols is 1. The van der Waals surface area contributed by atoms with Crippen molar-refractivity contribution in [2.24, 2.45) is 5.10 Å². The van der Waals surface area contributed by atoms with Crippen LogP contribution in [0.3, 0.4) is 0 Å². The van der Waals surface area contributed by atoms with Gasteiger partial charge in [0.1, 0.15) is 0 Å². The molecule has 1 amide bonds. The van der Waals surface area contributed by atoms with Gasteiger partial charge in [0, 0.05) is 11.3 Å². The van der Waals surface area contributed by atoms with Crippen molar-refractivity contribution in [2.45, 2.75) is 13.3 Å². The normalized spacial score (nSPS) is 10.9. The van der Waals surface area contributed by atoms with Crippen LogP contribution in [0.1, 0.15) is 16.8 Å². The van der Waals surface area contributed by atoms with Crippen molar-refractivity contribution in [3.05, 3.63) is 43.8 Å². The minimum Gasteiger partial charge on any atom is -0.503 e. The molecule has 0 fully saturated rings. The molecule has 0 aliphatic carbocycles. The topological polar surface area (TPSA) is 120 Å². The summed E-state index contributed by atoms with van der Waals surface area (Å²) in [4.78, 5) is 23.2. The van der Waals surface area contributed by atoms with E-state index >= 15 is 0 Å².